The Morgan fingerprint density at radius 1 is 1.08 bits per heavy atom. The molecular formula is C18H15N3O3. The molecule has 24 heavy (non-hydrogen) atoms. The maximum Gasteiger partial charge on any atom is 0.326 e. The van der Waals surface area contributed by atoms with Crippen molar-refractivity contribution >= 4 is 22.8 Å². The van der Waals surface area contributed by atoms with E-state index >= 15 is 0 Å². The number of carboxylic acids is 1. The van der Waals surface area contributed by atoms with E-state index in [1.807, 2.05) is 42.5 Å². The van der Waals surface area contributed by atoms with Gasteiger partial charge in [0.15, 0.2) is 5.69 Å². The van der Waals surface area contributed by atoms with Crippen molar-refractivity contribution in [1.29, 1.82) is 0 Å². The molecule has 1 aromatic heterocycles. The number of amides is 1. The van der Waals surface area contributed by atoms with Gasteiger partial charge in [0.2, 0.25) is 0 Å². The zero-order valence-electron chi connectivity index (χ0n) is 12.8. The van der Waals surface area contributed by atoms with Gasteiger partial charge in [0.05, 0.1) is 5.52 Å². The van der Waals surface area contributed by atoms with Gasteiger partial charge in [-0.2, -0.15) is 5.10 Å². The number of H-pyrrole nitrogens is 1. The molecule has 0 fully saturated rings. The average molecular weight is 321 g/mol. The van der Waals surface area contributed by atoms with E-state index in [0.29, 0.717) is 11.8 Å². The minimum absolute atomic E-state index is 0.260. The largest absolute Gasteiger partial charge is 0.480 e. The van der Waals surface area contributed by atoms with E-state index in [1.54, 1.807) is 6.07 Å². The van der Waals surface area contributed by atoms with Crippen LogP contribution in [0.4, 0.5) is 0 Å². The molecule has 3 aromatic rings. The second-order valence-electron chi connectivity index (χ2n) is 5.88. The monoisotopic (exact) mass is 321 g/mol. The highest BCUT2D eigenvalue weighted by Crippen LogP contribution is 2.26. The second-order valence-corrected chi connectivity index (χ2v) is 5.88. The third-order valence-electron chi connectivity index (χ3n) is 4.47. The number of aromatic nitrogens is 2. The topological polar surface area (TPSA) is 86.3 Å². The molecule has 1 unspecified atom stereocenters. The molecule has 1 aliphatic heterocycles. The van der Waals surface area contributed by atoms with Gasteiger partial charge in [-0.1, -0.05) is 42.5 Å². The molecule has 0 aliphatic carbocycles. The number of carbonyl (C=O) groups excluding carboxylic acids is 1. The molecular weight excluding hydrogens is 306 g/mol. The van der Waals surface area contributed by atoms with Crippen molar-refractivity contribution in [3.05, 3.63) is 65.4 Å². The molecule has 2 N–H and O–H groups in total. The normalized spacial score (nSPS) is 16.8. The van der Waals surface area contributed by atoms with E-state index in [9.17, 15) is 14.7 Å². The Balaban J connectivity index is 1.76. The summed E-state index contributed by atoms with van der Waals surface area (Å²) >= 11 is 0. The summed E-state index contributed by atoms with van der Waals surface area (Å²) in [5.41, 5.74) is 2.96. The van der Waals surface area contributed by atoms with Crippen LogP contribution in [0.15, 0.2) is 48.5 Å². The van der Waals surface area contributed by atoms with Gasteiger partial charge in [0.1, 0.15) is 6.04 Å². The lowest BCUT2D eigenvalue weighted by Gasteiger charge is -2.34. The van der Waals surface area contributed by atoms with Crippen molar-refractivity contribution in [2.45, 2.75) is 19.0 Å². The van der Waals surface area contributed by atoms with Crippen LogP contribution in [-0.4, -0.2) is 38.1 Å². The number of benzene rings is 2. The van der Waals surface area contributed by atoms with Crippen LogP contribution in [0.1, 0.15) is 21.6 Å². The van der Waals surface area contributed by atoms with Gasteiger partial charge >= 0.3 is 5.97 Å². The smallest absolute Gasteiger partial charge is 0.326 e. The van der Waals surface area contributed by atoms with Gasteiger partial charge in [0.25, 0.3) is 5.91 Å². The van der Waals surface area contributed by atoms with Crippen LogP contribution in [0.2, 0.25) is 0 Å². The number of fused-ring (bicyclic) bond motifs is 2. The summed E-state index contributed by atoms with van der Waals surface area (Å²) in [5.74, 6) is -1.37. The van der Waals surface area contributed by atoms with Crippen molar-refractivity contribution in [1.82, 2.24) is 15.1 Å². The first kappa shape index (κ1) is 14.4. The number of carbonyl (C=O) groups is 2. The molecule has 2 aromatic carbocycles. The molecule has 1 atom stereocenters. The molecule has 0 bridgehead atoms. The van der Waals surface area contributed by atoms with E-state index in [2.05, 4.69) is 10.2 Å². The number of aromatic amines is 1. The van der Waals surface area contributed by atoms with Crippen molar-refractivity contribution in [3.63, 3.8) is 0 Å². The Morgan fingerprint density at radius 3 is 2.58 bits per heavy atom. The Hall–Kier alpha value is -3.15. The van der Waals surface area contributed by atoms with Crippen LogP contribution in [0.25, 0.3) is 10.9 Å². The predicted molar refractivity (Wildman–Crippen MR) is 87.5 cm³/mol. The maximum absolute atomic E-state index is 13.0. The molecule has 2 heterocycles. The lowest BCUT2D eigenvalue weighted by molar-refractivity contribution is -0.142. The van der Waals surface area contributed by atoms with Crippen LogP contribution in [0.5, 0.6) is 0 Å². The van der Waals surface area contributed by atoms with Gasteiger partial charge in [0, 0.05) is 18.4 Å². The zero-order valence-corrected chi connectivity index (χ0v) is 12.8. The molecule has 0 saturated carbocycles. The Morgan fingerprint density at radius 2 is 1.79 bits per heavy atom. The van der Waals surface area contributed by atoms with E-state index in [1.165, 1.54) is 4.90 Å². The minimum atomic E-state index is -1.00. The molecule has 1 aliphatic rings. The summed E-state index contributed by atoms with van der Waals surface area (Å²) in [6, 6.07) is 14.1. The van der Waals surface area contributed by atoms with E-state index < -0.39 is 12.0 Å². The fourth-order valence-electron chi connectivity index (χ4n) is 3.22. The SMILES string of the molecule is O=C(O)C1Cc2ccccc2CN1C(=O)c1n[nH]c2ccccc12. The molecule has 120 valence electrons. The number of hydrogen-bond acceptors (Lipinski definition) is 3. The number of nitrogens with one attached hydrogen (secondary N) is 1. The summed E-state index contributed by atoms with van der Waals surface area (Å²) < 4.78 is 0. The molecule has 6 nitrogen and oxygen atoms in total. The fourth-order valence-corrected chi connectivity index (χ4v) is 3.22. The molecule has 6 heteroatoms. The third-order valence-corrected chi connectivity index (χ3v) is 4.47. The maximum atomic E-state index is 13.0. The summed E-state index contributed by atoms with van der Waals surface area (Å²) in [4.78, 5) is 26.1. The van der Waals surface area contributed by atoms with Crippen molar-refractivity contribution in [2.24, 2.45) is 0 Å². The minimum Gasteiger partial charge on any atom is -0.480 e. The first-order chi connectivity index (χ1) is 11.6. The van der Waals surface area contributed by atoms with E-state index in [0.717, 1.165) is 16.6 Å². The summed E-state index contributed by atoms with van der Waals surface area (Å²) in [6.45, 7) is 0.271. The first-order valence-electron chi connectivity index (χ1n) is 7.69. The zero-order chi connectivity index (χ0) is 16.7. The molecule has 4 rings (SSSR count). The Bertz CT molecular complexity index is 947. The first-order valence-corrected chi connectivity index (χ1v) is 7.69. The average Bonchev–Trinajstić information content (AvgIpc) is 3.04. The van der Waals surface area contributed by atoms with Crippen LogP contribution >= 0.6 is 0 Å². The standard InChI is InChI=1S/C18H15N3O3/c22-17(16-13-7-3-4-8-14(13)19-20-16)21-10-12-6-2-1-5-11(12)9-15(21)18(23)24/h1-8,15H,9-10H2,(H,19,20)(H,23,24). The summed E-state index contributed by atoms with van der Waals surface area (Å²) in [6.07, 6.45) is 0.305. The Kier molecular flexibility index (Phi) is 3.30. The number of carboxylic acid groups (broad SMARTS) is 1. The summed E-state index contributed by atoms with van der Waals surface area (Å²) in [7, 11) is 0. The van der Waals surface area contributed by atoms with Crippen LogP contribution in [0, 0.1) is 0 Å². The molecule has 0 spiro atoms. The molecule has 0 saturated heterocycles. The van der Waals surface area contributed by atoms with Crippen LogP contribution < -0.4 is 0 Å². The van der Waals surface area contributed by atoms with Gasteiger partial charge in [-0.15, -0.1) is 0 Å². The highest BCUT2D eigenvalue weighted by atomic mass is 16.4. The van der Waals surface area contributed by atoms with Crippen molar-refractivity contribution < 1.29 is 14.7 Å². The van der Waals surface area contributed by atoms with Gasteiger partial charge < -0.3 is 10.0 Å². The number of nitrogens with zero attached hydrogens (tertiary/aromatic N) is 2. The van der Waals surface area contributed by atoms with Gasteiger partial charge in [-0.05, 0) is 17.2 Å². The quantitative estimate of drug-likeness (QED) is 0.758. The molecule has 0 radical (unpaired) electrons. The van der Waals surface area contributed by atoms with E-state index in [-0.39, 0.29) is 18.1 Å². The highest BCUT2D eigenvalue weighted by molar-refractivity contribution is 6.05. The summed E-state index contributed by atoms with van der Waals surface area (Å²) in [5, 5.41) is 17.2. The van der Waals surface area contributed by atoms with Gasteiger partial charge in [-0.25, -0.2) is 4.79 Å². The number of para-hydroxylation sites is 1. The Labute approximate surface area is 137 Å². The van der Waals surface area contributed by atoms with Gasteiger partial charge in [-0.3, -0.25) is 9.89 Å². The van der Waals surface area contributed by atoms with Crippen LogP contribution in [-0.2, 0) is 17.8 Å². The van der Waals surface area contributed by atoms with E-state index in [4.69, 9.17) is 0 Å². The number of hydrogen-bond donors (Lipinski definition) is 2. The van der Waals surface area contributed by atoms with Crippen molar-refractivity contribution in [3.8, 4) is 0 Å². The predicted octanol–water partition coefficient (Wildman–Crippen LogP) is 2.21. The highest BCUT2D eigenvalue weighted by Gasteiger charge is 2.36. The second kappa shape index (κ2) is 5.49. The lowest BCUT2D eigenvalue weighted by Crippen LogP contribution is -2.48. The lowest BCUT2D eigenvalue weighted by atomic mass is 9.93. The van der Waals surface area contributed by atoms with Crippen LogP contribution in [0.3, 0.4) is 0 Å². The molecule has 1 amide bonds. The number of aliphatic carboxylic acids is 1. The fraction of sp³-hybridized carbons (Fsp3) is 0.167. The third kappa shape index (κ3) is 2.23. The van der Waals surface area contributed by atoms with Crippen molar-refractivity contribution in [2.75, 3.05) is 0 Å². The number of rotatable bonds is 2.